The molecule has 0 unspecified atom stereocenters. The minimum Gasteiger partial charge on any atom is -0.379 e. The van der Waals surface area contributed by atoms with Crippen molar-refractivity contribution in [2.75, 3.05) is 45.9 Å². The van der Waals surface area contributed by atoms with Crippen molar-refractivity contribution in [1.82, 2.24) is 9.80 Å². The number of hydrogen-bond donors (Lipinski definition) is 0. The first-order valence-corrected chi connectivity index (χ1v) is 9.60. The van der Waals surface area contributed by atoms with Gasteiger partial charge in [-0.3, -0.25) is 9.69 Å². The zero-order chi connectivity index (χ0) is 18.9. The van der Waals surface area contributed by atoms with Crippen LogP contribution in [-0.4, -0.2) is 61.6 Å². The molecule has 1 aliphatic rings. The fraction of sp³-hybridized carbons (Fsp3) is 0.348. The third-order valence-electron chi connectivity index (χ3n) is 4.89. The van der Waals surface area contributed by atoms with Crippen LogP contribution in [0.3, 0.4) is 0 Å². The summed E-state index contributed by atoms with van der Waals surface area (Å²) in [5, 5.41) is 0. The number of amides is 1. The summed E-state index contributed by atoms with van der Waals surface area (Å²) in [6.45, 7) is 7.61. The van der Waals surface area contributed by atoms with Gasteiger partial charge in [0.15, 0.2) is 0 Å². The van der Waals surface area contributed by atoms with E-state index in [2.05, 4.69) is 29.2 Å². The molecule has 0 saturated carbocycles. The van der Waals surface area contributed by atoms with Crippen molar-refractivity contribution in [2.45, 2.75) is 6.92 Å². The maximum absolute atomic E-state index is 13.1. The summed E-state index contributed by atoms with van der Waals surface area (Å²) in [4.78, 5) is 17.4. The lowest BCUT2D eigenvalue weighted by molar-refractivity contribution is 0.0331. The van der Waals surface area contributed by atoms with Crippen LogP contribution in [0.2, 0.25) is 0 Å². The van der Waals surface area contributed by atoms with E-state index in [1.54, 1.807) is 0 Å². The molecule has 1 fully saturated rings. The van der Waals surface area contributed by atoms with Gasteiger partial charge < -0.3 is 9.64 Å². The first-order valence-electron chi connectivity index (χ1n) is 9.60. The molecule has 4 heteroatoms. The molecule has 0 aromatic heterocycles. The van der Waals surface area contributed by atoms with Gasteiger partial charge in [0.05, 0.1) is 13.2 Å². The van der Waals surface area contributed by atoms with Crippen LogP contribution in [0, 0.1) is 6.92 Å². The van der Waals surface area contributed by atoms with E-state index in [0.29, 0.717) is 13.1 Å². The summed E-state index contributed by atoms with van der Waals surface area (Å²) in [5.74, 6) is 0.0964. The van der Waals surface area contributed by atoms with Crippen molar-refractivity contribution in [3.63, 3.8) is 0 Å². The van der Waals surface area contributed by atoms with Crippen molar-refractivity contribution in [3.8, 4) is 0 Å². The van der Waals surface area contributed by atoms with Gasteiger partial charge in [0.25, 0.3) is 5.91 Å². The third kappa shape index (κ3) is 5.78. The Bertz CT molecular complexity index is 752. The summed E-state index contributed by atoms with van der Waals surface area (Å²) >= 11 is 0. The maximum atomic E-state index is 13.1. The van der Waals surface area contributed by atoms with E-state index < -0.39 is 0 Å². The Morgan fingerprint density at radius 2 is 1.78 bits per heavy atom. The number of carbonyl (C=O) groups excluding carboxylic acids is 1. The molecule has 1 heterocycles. The normalized spacial score (nSPS) is 15.1. The summed E-state index contributed by atoms with van der Waals surface area (Å²) in [6.07, 6.45) is 4.15. The van der Waals surface area contributed by atoms with Gasteiger partial charge in [0, 0.05) is 38.3 Å². The van der Waals surface area contributed by atoms with Crippen molar-refractivity contribution in [1.29, 1.82) is 0 Å². The number of carbonyl (C=O) groups is 1. The first-order chi connectivity index (χ1) is 13.2. The zero-order valence-electron chi connectivity index (χ0n) is 16.0. The number of ether oxygens (including phenoxy) is 1. The Hall–Kier alpha value is -2.43. The molecule has 3 rings (SSSR count). The van der Waals surface area contributed by atoms with Crippen LogP contribution in [0.25, 0.3) is 6.08 Å². The van der Waals surface area contributed by atoms with Crippen LogP contribution < -0.4 is 0 Å². The van der Waals surface area contributed by atoms with E-state index >= 15 is 0 Å². The number of hydrogen-bond acceptors (Lipinski definition) is 3. The minimum atomic E-state index is 0.0964. The number of nitrogens with zero attached hydrogens (tertiary/aromatic N) is 2. The monoisotopic (exact) mass is 364 g/mol. The first kappa shape index (κ1) is 19.3. The second-order valence-corrected chi connectivity index (χ2v) is 6.83. The molecule has 1 amide bonds. The largest absolute Gasteiger partial charge is 0.379 e. The van der Waals surface area contributed by atoms with Crippen LogP contribution in [0.5, 0.6) is 0 Å². The molecule has 0 bridgehead atoms. The zero-order valence-corrected chi connectivity index (χ0v) is 16.0. The Kier molecular flexibility index (Phi) is 7.19. The van der Waals surface area contributed by atoms with Crippen LogP contribution in [0.1, 0.15) is 21.5 Å². The predicted octanol–water partition coefficient (Wildman–Crippen LogP) is 3.48. The molecule has 2 aromatic carbocycles. The van der Waals surface area contributed by atoms with Gasteiger partial charge in [-0.1, -0.05) is 60.7 Å². The van der Waals surface area contributed by atoms with Gasteiger partial charge in [0.2, 0.25) is 0 Å². The molecule has 4 nitrogen and oxygen atoms in total. The van der Waals surface area contributed by atoms with Crippen LogP contribution in [-0.2, 0) is 4.74 Å². The lowest BCUT2D eigenvalue weighted by Gasteiger charge is -2.30. The Labute approximate surface area is 162 Å². The lowest BCUT2D eigenvalue weighted by Crippen LogP contribution is -2.43. The maximum Gasteiger partial charge on any atom is 0.254 e. The topological polar surface area (TPSA) is 32.8 Å². The van der Waals surface area contributed by atoms with E-state index in [1.165, 1.54) is 0 Å². The molecule has 0 spiro atoms. The fourth-order valence-electron chi connectivity index (χ4n) is 3.23. The molecular formula is C23H28N2O2. The van der Waals surface area contributed by atoms with E-state index in [9.17, 15) is 4.79 Å². The number of rotatable bonds is 7. The summed E-state index contributed by atoms with van der Waals surface area (Å²) in [7, 11) is 0. The average molecular weight is 364 g/mol. The fourth-order valence-corrected chi connectivity index (χ4v) is 3.23. The minimum absolute atomic E-state index is 0.0964. The number of benzene rings is 2. The van der Waals surface area contributed by atoms with E-state index in [4.69, 9.17) is 4.74 Å². The molecule has 1 aliphatic heterocycles. The highest BCUT2D eigenvalue weighted by Crippen LogP contribution is 2.12. The lowest BCUT2D eigenvalue weighted by atomic mass is 10.1. The highest BCUT2D eigenvalue weighted by Gasteiger charge is 2.18. The Morgan fingerprint density at radius 3 is 2.52 bits per heavy atom. The summed E-state index contributed by atoms with van der Waals surface area (Å²) < 4.78 is 5.42. The molecule has 0 radical (unpaired) electrons. The highest BCUT2D eigenvalue weighted by molar-refractivity contribution is 5.95. The molecule has 0 N–H and O–H groups in total. The highest BCUT2D eigenvalue weighted by atomic mass is 16.5. The number of aryl methyl sites for hydroxylation is 1. The van der Waals surface area contributed by atoms with Crippen molar-refractivity contribution < 1.29 is 9.53 Å². The smallest absolute Gasteiger partial charge is 0.254 e. The van der Waals surface area contributed by atoms with Crippen molar-refractivity contribution >= 4 is 12.0 Å². The van der Waals surface area contributed by atoms with Crippen LogP contribution >= 0.6 is 0 Å². The van der Waals surface area contributed by atoms with Crippen LogP contribution in [0.4, 0.5) is 0 Å². The van der Waals surface area contributed by atoms with E-state index in [1.807, 2.05) is 54.3 Å². The third-order valence-corrected chi connectivity index (χ3v) is 4.89. The second-order valence-electron chi connectivity index (χ2n) is 6.83. The summed E-state index contributed by atoms with van der Waals surface area (Å²) in [6, 6.07) is 18.0. The average Bonchev–Trinajstić information content (AvgIpc) is 2.72. The van der Waals surface area contributed by atoms with Gasteiger partial charge >= 0.3 is 0 Å². The molecule has 0 aliphatic carbocycles. The SMILES string of the molecule is Cc1ccccc1C(=O)N(C/C=C/c1ccccc1)CCN1CCOCC1. The molecular weight excluding hydrogens is 336 g/mol. The second kappa shape index (κ2) is 10.0. The molecule has 1 saturated heterocycles. The quantitative estimate of drug-likeness (QED) is 0.754. The van der Waals surface area contributed by atoms with Gasteiger partial charge in [-0.05, 0) is 24.1 Å². The molecule has 27 heavy (non-hydrogen) atoms. The molecule has 142 valence electrons. The van der Waals surface area contributed by atoms with Crippen molar-refractivity contribution in [3.05, 3.63) is 77.4 Å². The standard InChI is InChI=1S/C23H28N2O2/c1-20-8-5-6-12-22(20)23(26)25(15-14-24-16-18-27-19-17-24)13-7-11-21-9-3-2-4-10-21/h2-12H,13-19H2,1H3/b11-7+. The van der Waals surface area contributed by atoms with E-state index in [0.717, 1.165) is 49.5 Å². The van der Waals surface area contributed by atoms with Gasteiger partial charge in [-0.2, -0.15) is 0 Å². The number of morpholine rings is 1. The molecule has 0 atom stereocenters. The Morgan fingerprint density at radius 1 is 1.07 bits per heavy atom. The Balaban J connectivity index is 1.68. The van der Waals surface area contributed by atoms with Crippen molar-refractivity contribution in [2.24, 2.45) is 0 Å². The van der Waals surface area contributed by atoms with Crippen LogP contribution in [0.15, 0.2) is 60.7 Å². The van der Waals surface area contributed by atoms with Gasteiger partial charge in [-0.25, -0.2) is 0 Å². The summed E-state index contributed by atoms with van der Waals surface area (Å²) in [5.41, 5.74) is 2.95. The van der Waals surface area contributed by atoms with Gasteiger partial charge in [0.1, 0.15) is 0 Å². The van der Waals surface area contributed by atoms with Gasteiger partial charge in [-0.15, -0.1) is 0 Å². The predicted molar refractivity (Wildman–Crippen MR) is 110 cm³/mol. The van der Waals surface area contributed by atoms with E-state index in [-0.39, 0.29) is 5.91 Å². The molecule has 2 aromatic rings.